The van der Waals surface area contributed by atoms with Crippen LogP contribution in [0.3, 0.4) is 0 Å². The number of anilines is 1. The molecular formula is C19H20ClN5O2. The molecule has 2 heterocycles. The van der Waals surface area contributed by atoms with Crippen molar-refractivity contribution in [2.75, 3.05) is 12.4 Å². The second kappa shape index (κ2) is 7.75. The van der Waals surface area contributed by atoms with E-state index in [1.165, 1.54) is 11.1 Å². The van der Waals surface area contributed by atoms with Crippen LogP contribution in [0.15, 0.2) is 41.5 Å². The lowest BCUT2D eigenvalue weighted by molar-refractivity contribution is -0.127. The van der Waals surface area contributed by atoms with Crippen molar-refractivity contribution in [2.45, 2.75) is 25.8 Å². The Bertz CT molecular complexity index is 911. The number of halogens is 1. The van der Waals surface area contributed by atoms with Crippen LogP contribution in [0.1, 0.15) is 41.0 Å². The lowest BCUT2D eigenvalue weighted by atomic mass is 9.95. The summed E-state index contributed by atoms with van der Waals surface area (Å²) < 4.78 is 0. The molecule has 1 unspecified atom stereocenters. The SMILES string of the molecule is CCc1ccc(NC(=O)c2ccc(Cl)cn2)cc1C1CC(=O)N(C)C(N)=N1. The molecule has 0 saturated heterocycles. The van der Waals surface area contributed by atoms with Crippen LogP contribution in [-0.2, 0) is 11.2 Å². The number of nitrogens with two attached hydrogens (primary N) is 1. The monoisotopic (exact) mass is 385 g/mol. The van der Waals surface area contributed by atoms with E-state index in [2.05, 4.69) is 15.3 Å². The number of guanidine groups is 1. The second-order valence-corrected chi connectivity index (χ2v) is 6.68. The number of rotatable bonds is 4. The maximum atomic E-state index is 12.4. The molecule has 7 nitrogen and oxygen atoms in total. The van der Waals surface area contributed by atoms with Crippen molar-refractivity contribution in [3.8, 4) is 0 Å². The fraction of sp³-hybridized carbons (Fsp3) is 0.263. The molecule has 1 aromatic heterocycles. The Morgan fingerprint density at radius 3 is 2.78 bits per heavy atom. The lowest BCUT2D eigenvalue weighted by Crippen LogP contribution is -2.42. The van der Waals surface area contributed by atoms with Crippen LogP contribution in [0.4, 0.5) is 5.69 Å². The Kier molecular flexibility index (Phi) is 5.41. The van der Waals surface area contributed by atoms with Gasteiger partial charge in [0.25, 0.3) is 5.91 Å². The van der Waals surface area contributed by atoms with E-state index < -0.39 is 0 Å². The fourth-order valence-electron chi connectivity index (χ4n) is 2.91. The average molecular weight is 386 g/mol. The highest BCUT2D eigenvalue weighted by atomic mass is 35.5. The van der Waals surface area contributed by atoms with Gasteiger partial charge in [0.1, 0.15) is 5.69 Å². The summed E-state index contributed by atoms with van der Waals surface area (Å²) >= 11 is 5.80. The van der Waals surface area contributed by atoms with E-state index in [0.717, 1.165) is 17.5 Å². The number of aromatic nitrogens is 1. The number of aliphatic imine (C=N–C) groups is 1. The van der Waals surface area contributed by atoms with E-state index >= 15 is 0 Å². The van der Waals surface area contributed by atoms with Crippen molar-refractivity contribution in [1.29, 1.82) is 0 Å². The average Bonchev–Trinajstić information content (AvgIpc) is 2.66. The maximum absolute atomic E-state index is 12.4. The third-order valence-corrected chi connectivity index (χ3v) is 4.70. The molecule has 1 aliphatic heterocycles. The molecule has 0 spiro atoms. The van der Waals surface area contributed by atoms with Crippen LogP contribution in [0.5, 0.6) is 0 Å². The van der Waals surface area contributed by atoms with Crippen LogP contribution in [0.2, 0.25) is 5.02 Å². The predicted octanol–water partition coefficient (Wildman–Crippen LogP) is 2.77. The quantitative estimate of drug-likeness (QED) is 0.844. The Morgan fingerprint density at radius 2 is 2.15 bits per heavy atom. The second-order valence-electron chi connectivity index (χ2n) is 6.24. The number of nitrogens with one attached hydrogen (secondary N) is 1. The molecule has 2 aromatic rings. The molecule has 0 aliphatic carbocycles. The molecule has 1 aromatic carbocycles. The van der Waals surface area contributed by atoms with Gasteiger partial charge in [0.2, 0.25) is 5.91 Å². The molecule has 1 aliphatic rings. The lowest BCUT2D eigenvalue weighted by Gasteiger charge is -2.27. The molecule has 27 heavy (non-hydrogen) atoms. The van der Waals surface area contributed by atoms with Crippen molar-refractivity contribution < 1.29 is 9.59 Å². The van der Waals surface area contributed by atoms with Gasteiger partial charge in [-0.3, -0.25) is 14.5 Å². The summed E-state index contributed by atoms with van der Waals surface area (Å²) in [5.74, 6) is -0.239. The summed E-state index contributed by atoms with van der Waals surface area (Å²) in [6.45, 7) is 2.03. The molecule has 140 valence electrons. The van der Waals surface area contributed by atoms with Crippen molar-refractivity contribution in [1.82, 2.24) is 9.88 Å². The van der Waals surface area contributed by atoms with Crippen LogP contribution < -0.4 is 11.1 Å². The number of aryl methyl sites for hydroxylation is 1. The number of benzene rings is 1. The van der Waals surface area contributed by atoms with E-state index in [0.29, 0.717) is 10.7 Å². The van der Waals surface area contributed by atoms with Crippen molar-refractivity contribution in [3.05, 3.63) is 58.4 Å². The summed E-state index contributed by atoms with van der Waals surface area (Å²) in [6, 6.07) is 8.38. The van der Waals surface area contributed by atoms with Gasteiger partial charge in [0.05, 0.1) is 17.5 Å². The highest BCUT2D eigenvalue weighted by Crippen LogP contribution is 2.31. The molecule has 3 rings (SSSR count). The van der Waals surface area contributed by atoms with Gasteiger partial charge in [-0.05, 0) is 41.8 Å². The molecule has 8 heteroatoms. The largest absolute Gasteiger partial charge is 0.369 e. The fourth-order valence-corrected chi connectivity index (χ4v) is 3.02. The van der Waals surface area contributed by atoms with Gasteiger partial charge in [-0.15, -0.1) is 0 Å². The highest BCUT2D eigenvalue weighted by Gasteiger charge is 2.27. The topological polar surface area (TPSA) is 101 Å². The Labute approximate surface area is 162 Å². The Balaban J connectivity index is 1.88. The van der Waals surface area contributed by atoms with Crippen molar-refractivity contribution in [3.63, 3.8) is 0 Å². The van der Waals surface area contributed by atoms with Gasteiger partial charge in [0.15, 0.2) is 5.96 Å². The summed E-state index contributed by atoms with van der Waals surface area (Å²) in [4.78, 5) is 34.3. The first-order chi connectivity index (χ1) is 12.9. The normalized spacial score (nSPS) is 16.9. The summed E-state index contributed by atoms with van der Waals surface area (Å²) in [5.41, 5.74) is 8.65. The molecule has 0 saturated carbocycles. The zero-order valence-corrected chi connectivity index (χ0v) is 15.8. The standard InChI is InChI=1S/C19H20ClN5O2/c1-3-11-4-6-13(23-18(27)15-7-5-12(20)10-22-15)8-14(11)16-9-17(26)25(2)19(21)24-16/h4-8,10,16H,3,9H2,1-2H3,(H2,21,24)(H,23,27). The van der Waals surface area contributed by atoms with Crippen LogP contribution in [0, 0.1) is 0 Å². The molecule has 1 atom stereocenters. The van der Waals surface area contributed by atoms with E-state index in [1.54, 1.807) is 19.2 Å². The Morgan fingerprint density at radius 1 is 1.37 bits per heavy atom. The molecular weight excluding hydrogens is 366 g/mol. The first kappa shape index (κ1) is 18.8. The van der Waals surface area contributed by atoms with Gasteiger partial charge in [-0.2, -0.15) is 0 Å². The smallest absolute Gasteiger partial charge is 0.274 e. The van der Waals surface area contributed by atoms with Crippen LogP contribution in [-0.4, -0.2) is 34.7 Å². The van der Waals surface area contributed by atoms with Crippen LogP contribution >= 0.6 is 11.6 Å². The Hall–Kier alpha value is -2.93. The van der Waals surface area contributed by atoms with Crippen LogP contribution in [0.25, 0.3) is 0 Å². The molecule has 0 radical (unpaired) electrons. The maximum Gasteiger partial charge on any atom is 0.274 e. The zero-order chi connectivity index (χ0) is 19.6. The number of hydrogen-bond donors (Lipinski definition) is 2. The van der Waals surface area contributed by atoms with Gasteiger partial charge in [0, 0.05) is 18.9 Å². The van der Waals surface area contributed by atoms with Gasteiger partial charge in [-0.25, -0.2) is 9.98 Å². The minimum atomic E-state index is -0.367. The van der Waals surface area contributed by atoms with E-state index in [4.69, 9.17) is 17.3 Å². The summed E-state index contributed by atoms with van der Waals surface area (Å²) in [6.07, 6.45) is 2.43. The van der Waals surface area contributed by atoms with E-state index in [9.17, 15) is 9.59 Å². The number of nitrogens with zero attached hydrogens (tertiary/aromatic N) is 3. The van der Waals surface area contributed by atoms with Gasteiger partial charge < -0.3 is 11.1 Å². The minimum Gasteiger partial charge on any atom is -0.369 e. The first-order valence-electron chi connectivity index (χ1n) is 8.54. The zero-order valence-electron chi connectivity index (χ0n) is 15.1. The number of pyridine rings is 1. The molecule has 2 amide bonds. The molecule has 0 fully saturated rings. The van der Waals surface area contributed by atoms with E-state index in [1.807, 2.05) is 25.1 Å². The van der Waals surface area contributed by atoms with Gasteiger partial charge in [-0.1, -0.05) is 24.6 Å². The number of amides is 2. The summed E-state index contributed by atoms with van der Waals surface area (Å²) in [5, 5.41) is 3.28. The molecule has 0 bridgehead atoms. The summed E-state index contributed by atoms with van der Waals surface area (Å²) in [7, 11) is 1.61. The first-order valence-corrected chi connectivity index (χ1v) is 8.92. The highest BCUT2D eigenvalue weighted by molar-refractivity contribution is 6.30. The molecule has 3 N–H and O–H groups in total. The number of carbonyl (C=O) groups is 2. The third-order valence-electron chi connectivity index (χ3n) is 4.48. The third kappa shape index (κ3) is 4.09. The van der Waals surface area contributed by atoms with E-state index in [-0.39, 0.29) is 35.9 Å². The minimum absolute atomic E-state index is 0.0886. The number of hydrogen-bond acceptors (Lipinski definition) is 5. The van der Waals surface area contributed by atoms with Crippen molar-refractivity contribution in [2.24, 2.45) is 10.7 Å². The van der Waals surface area contributed by atoms with Gasteiger partial charge >= 0.3 is 0 Å². The van der Waals surface area contributed by atoms with Crippen molar-refractivity contribution >= 4 is 35.1 Å². The number of carbonyl (C=O) groups excluding carboxylic acids is 2. The predicted molar refractivity (Wildman–Crippen MR) is 105 cm³/mol.